The molecule has 3 aromatic rings. The van der Waals surface area contributed by atoms with E-state index in [0.717, 1.165) is 11.1 Å². The number of halogens is 1. The van der Waals surface area contributed by atoms with Crippen LogP contribution in [0.15, 0.2) is 54.7 Å². The minimum Gasteiger partial charge on any atom is -0.490 e. The summed E-state index contributed by atoms with van der Waals surface area (Å²) in [4.78, 5) is 28.3. The van der Waals surface area contributed by atoms with Crippen LogP contribution in [0.1, 0.15) is 21.6 Å². The van der Waals surface area contributed by atoms with E-state index in [9.17, 15) is 9.59 Å². The predicted octanol–water partition coefficient (Wildman–Crippen LogP) is 3.85. The number of nitrogens with two attached hydrogens (primary N) is 1. The first-order chi connectivity index (χ1) is 16.4. The quantitative estimate of drug-likeness (QED) is 0.366. The second kappa shape index (κ2) is 11.9. The Labute approximate surface area is 202 Å². The standard InChI is InChI=1S/C24H26ClN5O4/c1-15-10-20(22(13-19(15)25)33-9-7-26)30-24(32)29-14-16-4-3-5-17(11-16)34-18-6-8-28-21(12-18)23(31)27-2/h3-6,8,10-13H,7,9,14,26H2,1-2H3,(H,27,31)(H2,29,30,32). The van der Waals surface area contributed by atoms with Crippen molar-refractivity contribution in [2.45, 2.75) is 13.5 Å². The Morgan fingerprint density at radius 2 is 1.91 bits per heavy atom. The van der Waals surface area contributed by atoms with E-state index in [-0.39, 0.29) is 18.1 Å². The molecule has 1 aromatic heterocycles. The largest absolute Gasteiger partial charge is 0.490 e. The smallest absolute Gasteiger partial charge is 0.319 e. The number of anilines is 1. The van der Waals surface area contributed by atoms with Crippen molar-refractivity contribution in [3.05, 3.63) is 76.6 Å². The van der Waals surface area contributed by atoms with E-state index < -0.39 is 6.03 Å². The summed E-state index contributed by atoms with van der Waals surface area (Å²) in [6.07, 6.45) is 1.50. The van der Waals surface area contributed by atoms with Gasteiger partial charge in [-0.25, -0.2) is 4.79 Å². The Bertz CT molecular complexity index is 1170. The van der Waals surface area contributed by atoms with E-state index in [4.69, 9.17) is 26.8 Å². The number of ether oxygens (including phenoxy) is 2. The minimum atomic E-state index is -0.407. The fourth-order valence-electron chi connectivity index (χ4n) is 2.98. The summed E-state index contributed by atoms with van der Waals surface area (Å²) in [6.45, 7) is 2.73. The monoisotopic (exact) mass is 483 g/mol. The number of aromatic nitrogens is 1. The van der Waals surface area contributed by atoms with E-state index in [1.807, 2.05) is 19.1 Å². The molecule has 2 aromatic carbocycles. The molecular weight excluding hydrogens is 458 g/mol. The highest BCUT2D eigenvalue weighted by molar-refractivity contribution is 6.31. The zero-order valence-electron chi connectivity index (χ0n) is 18.9. The van der Waals surface area contributed by atoms with Gasteiger partial charge in [-0.3, -0.25) is 9.78 Å². The number of nitrogens with one attached hydrogen (secondary N) is 3. The number of rotatable bonds is 9. The minimum absolute atomic E-state index is 0.252. The van der Waals surface area contributed by atoms with Crippen LogP contribution in [-0.2, 0) is 6.54 Å². The van der Waals surface area contributed by atoms with Crippen molar-refractivity contribution in [3.8, 4) is 17.2 Å². The number of pyridine rings is 1. The summed E-state index contributed by atoms with van der Waals surface area (Å²) < 4.78 is 11.4. The molecule has 0 aliphatic carbocycles. The molecule has 0 bridgehead atoms. The molecule has 3 rings (SSSR count). The van der Waals surface area contributed by atoms with E-state index in [2.05, 4.69) is 20.9 Å². The van der Waals surface area contributed by atoms with E-state index in [1.54, 1.807) is 36.4 Å². The van der Waals surface area contributed by atoms with Crippen molar-refractivity contribution < 1.29 is 19.1 Å². The third-order valence-corrected chi connectivity index (χ3v) is 5.07. The number of hydrogen-bond acceptors (Lipinski definition) is 6. The SMILES string of the molecule is CNC(=O)c1cc(Oc2cccc(CNC(=O)Nc3cc(C)c(Cl)cc3OCCN)c2)ccn1. The van der Waals surface area contributed by atoms with Crippen molar-refractivity contribution in [3.63, 3.8) is 0 Å². The van der Waals surface area contributed by atoms with Gasteiger partial charge in [-0.15, -0.1) is 0 Å². The third kappa shape index (κ3) is 6.84. The van der Waals surface area contributed by atoms with E-state index in [1.165, 1.54) is 13.2 Å². The van der Waals surface area contributed by atoms with Gasteiger partial charge in [0, 0.05) is 43.5 Å². The van der Waals surface area contributed by atoms with Gasteiger partial charge in [0.25, 0.3) is 5.91 Å². The maximum Gasteiger partial charge on any atom is 0.319 e. The number of carbonyl (C=O) groups excluding carboxylic acids is 2. The second-order valence-corrected chi connectivity index (χ2v) is 7.65. The number of carbonyl (C=O) groups is 2. The Balaban J connectivity index is 1.63. The summed E-state index contributed by atoms with van der Waals surface area (Å²) in [6, 6.07) is 13.4. The molecule has 0 aliphatic heterocycles. The lowest BCUT2D eigenvalue weighted by Crippen LogP contribution is -2.28. The summed E-state index contributed by atoms with van der Waals surface area (Å²) in [5.74, 6) is 1.17. The summed E-state index contributed by atoms with van der Waals surface area (Å²) in [5.41, 5.74) is 7.88. The molecule has 0 unspecified atom stereocenters. The Hall–Kier alpha value is -3.82. The second-order valence-electron chi connectivity index (χ2n) is 7.25. The maximum atomic E-state index is 12.5. The van der Waals surface area contributed by atoms with Crippen molar-refractivity contribution in [1.29, 1.82) is 0 Å². The lowest BCUT2D eigenvalue weighted by molar-refractivity contribution is 0.0958. The zero-order valence-corrected chi connectivity index (χ0v) is 19.6. The number of nitrogens with zero attached hydrogens (tertiary/aromatic N) is 1. The normalized spacial score (nSPS) is 10.4. The number of aryl methyl sites for hydroxylation is 1. The van der Waals surface area contributed by atoms with E-state index in [0.29, 0.717) is 41.1 Å². The first kappa shape index (κ1) is 24.8. The van der Waals surface area contributed by atoms with Gasteiger partial charge in [0.05, 0.1) is 5.69 Å². The van der Waals surface area contributed by atoms with Crippen molar-refractivity contribution in [2.24, 2.45) is 5.73 Å². The molecule has 34 heavy (non-hydrogen) atoms. The van der Waals surface area contributed by atoms with Crippen LogP contribution in [0.5, 0.6) is 17.2 Å². The van der Waals surface area contributed by atoms with E-state index >= 15 is 0 Å². The lowest BCUT2D eigenvalue weighted by Gasteiger charge is -2.15. The Morgan fingerprint density at radius 1 is 1.12 bits per heavy atom. The van der Waals surface area contributed by atoms with Crippen LogP contribution in [0.25, 0.3) is 0 Å². The van der Waals surface area contributed by atoms with Gasteiger partial charge < -0.3 is 31.2 Å². The molecule has 0 saturated heterocycles. The van der Waals surface area contributed by atoms with Crippen LogP contribution in [0.2, 0.25) is 5.02 Å². The number of benzene rings is 2. The molecular formula is C24H26ClN5O4. The van der Waals surface area contributed by atoms with Gasteiger partial charge in [0.15, 0.2) is 0 Å². The van der Waals surface area contributed by atoms with Crippen LogP contribution < -0.4 is 31.2 Å². The number of urea groups is 1. The first-order valence-corrected chi connectivity index (χ1v) is 10.9. The van der Waals surface area contributed by atoms with Crippen LogP contribution in [0, 0.1) is 6.92 Å². The van der Waals surface area contributed by atoms with Gasteiger partial charge in [-0.2, -0.15) is 0 Å². The van der Waals surface area contributed by atoms with Crippen LogP contribution in [-0.4, -0.2) is 37.1 Å². The molecule has 9 nitrogen and oxygen atoms in total. The zero-order chi connectivity index (χ0) is 24.5. The maximum absolute atomic E-state index is 12.5. The molecule has 178 valence electrons. The highest BCUT2D eigenvalue weighted by Gasteiger charge is 2.12. The van der Waals surface area contributed by atoms with Crippen LogP contribution in [0.4, 0.5) is 10.5 Å². The highest BCUT2D eigenvalue weighted by atomic mass is 35.5. The highest BCUT2D eigenvalue weighted by Crippen LogP contribution is 2.31. The molecule has 0 aliphatic rings. The molecule has 0 saturated carbocycles. The van der Waals surface area contributed by atoms with Gasteiger partial charge >= 0.3 is 6.03 Å². The van der Waals surface area contributed by atoms with Gasteiger partial charge in [-0.1, -0.05) is 23.7 Å². The summed E-state index contributed by atoms with van der Waals surface area (Å²) in [5, 5.41) is 8.65. The molecule has 0 fully saturated rings. The third-order valence-electron chi connectivity index (χ3n) is 4.66. The van der Waals surface area contributed by atoms with Gasteiger partial charge in [0.2, 0.25) is 0 Å². The molecule has 10 heteroatoms. The van der Waals surface area contributed by atoms with Crippen molar-refractivity contribution >= 4 is 29.2 Å². The van der Waals surface area contributed by atoms with Crippen molar-refractivity contribution in [1.82, 2.24) is 15.6 Å². The van der Waals surface area contributed by atoms with Crippen molar-refractivity contribution in [2.75, 3.05) is 25.5 Å². The first-order valence-electron chi connectivity index (χ1n) is 10.5. The van der Waals surface area contributed by atoms with Crippen LogP contribution >= 0.6 is 11.6 Å². The summed E-state index contributed by atoms with van der Waals surface area (Å²) in [7, 11) is 1.53. The fraction of sp³-hybridized carbons (Fsp3) is 0.208. The average molecular weight is 484 g/mol. The predicted molar refractivity (Wildman–Crippen MR) is 131 cm³/mol. The fourth-order valence-corrected chi connectivity index (χ4v) is 3.13. The van der Waals surface area contributed by atoms with Gasteiger partial charge in [-0.05, 0) is 42.3 Å². The number of hydrogen-bond donors (Lipinski definition) is 4. The lowest BCUT2D eigenvalue weighted by atomic mass is 10.2. The number of amides is 3. The average Bonchev–Trinajstić information content (AvgIpc) is 2.84. The molecule has 1 heterocycles. The topological polar surface area (TPSA) is 128 Å². The molecule has 0 radical (unpaired) electrons. The molecule has 3 amide bonds. The molecule has 0 spiro atoms. The Kier molecular flexibility index (Phi) is 8.66. The molecule has 0 atom stereocenters. The summed E-state index contributed by atoms with van der Waals surface area (Å²) >= 11 is 6.17. The van der Waals surface area contributed by atoms with Crippen LogP contribution in [0.3, 0.4) is 0 Å². The van der Waals surface area contributed by atoms with Gasteiger partial charge in [0.1, 0.15) is 29.5 Å². The molecule has 5 N–H and O–H groups in total. The Morgan fingerprint density at radius 3 is 2.68 bits per heavy atom.